The first-order chi connectivity index (χ1) is 5.68. The lowest BCUT2D eigenvalue weighted by Crippen LogP contribution is -2.19. The number of carboxylic acid groups (broad SMARTS) is 1. The molecule has 3 nitrogen and oxygen atoms in total. The van der Waals surface area contributed by atoms with E-state index in [0.29, 0.717) is 12.3 Å². The third kappa shape index (κ3) is 5.11. The number of carbonyl (C=O) groups is 1. The summed E-state index contributed by atoms with van der Waals surface area (Å²) in [5.41, 5.74) is 0. The van der Waals surface area contributed by atoms with Gasteiger partial charge in [0.1, 0.15) is 0 Å². The van der Waals surface area contributed by atoms with Crippen molar-refractivity contribution >= 4 is 18.4 Å². The first-order valence-electron chi connectivity index (χ1n) is 4.59. The predicted molar refractivity (Wildman–Crippen MR) is 54.3 cm³/mol. The second kappa shape index (κ2) is 6.22. The molecule has 0 radical (unpaired) electrons. The van der Waals surface area contributed by atoms with Gasteiger partial charge >= 0.3 is 5.97 Å². The number of rotatable bonds is 2. The van der Waals surface area contributed by atoms with E-state index >= 15 is 0 Å². The number of carboxylic acids is 1. The van der Waals surface area contributed by atoms with E-state index in [1.165, 1.54) is 0 Å². The van der Waals surface area contributed by atoms with Gasteiger partial charge in [-0.25, -0.2) is 0 Å². The Balaban J connectivity index is 0.00000144. The van der Waals surface area contributed by atoms with Gasteiger partial charge < -0.3 is 10.0 Å². The molecule has 0 aromatic heterocycles. The summed E-state index contributed by atoms with van der Waals surface area (Å²) in [5.74, 6) is -0.239. The predicted octanol–water partition coefficient (Wildman–Crippen LogP) is 1.61. The van der Waals surface area contributed by atoms with Gasteiger partial charge in [0, 0.05) is 6.42 Å². The zero-order chi connectivity index (χ0) is 8.97. The molecule has 0 spiro atoms. The maximum atomic E-state index is 10.4. The molecule has 1 unspecified atom stereocenters. The second-order valence-corrected chi connectivity index (χ2v) is 3.70. The van der Waals surface area contributed by atoms with Gasteiger partial charge in [0.05, 0.1) is 0 Å². The number of aliphatic carboxylic acids is 1. The van der Waals surface area contributed by atoms with Crippen LogP contribution in [-0.4, -0.2) is 36.1 Å². The molecule has 4 heteroatoms. The normalized spacial score (nSPS) is 24.5. The summed E-state index contributed by atoms with van der Waals surface area (Å²) >= 11 is 0. The lowest BCUT2D eigenvalue weighted by atomic mass is 9.97. The van der Waals surface area contributed by atoms with Crippen LogP contribution in [0.1, 0.15) is 25.7 Å². The summed E-state index contributed by atoms with van der Waals surface area (Å²) in [5, 5.41) is 8.61. The molecular formula is C9H18ClNO2. The van der Waals surface area contributed by atoms with Crippen molar-refractivity contribution in [3.8, 4) is 0 Å². The Labute approximate surface area is 85.5 Å². The largest absolute Gasteiger partial charge is 0.481 e. The summed E-state index contributed by atoms with van der Waals surface area (Å²) in [6.45, 7) is 2.17. The number of hydrogen-bond acceptors (Lipinski definition) is 2. The molecule has 1 heterocycles. The quantitative estimate of drug-likeness (QED) is 0.748. The third-order valence-electron chi connectivity index (χ3n) is 2.53. The highest BCUT2D eigenvalue weighted by molar-refractivity contribution is 5.85. The van der Waals surface area contributed by atoms with Crippen LogP contribution < -0.4 is 0 Å². The van der Waals surface area contributed by atoms with Gasteiger partial charge in [-0.3, -0.25) is 4.79 Å². The van der Waals surface area contributed by atoms with Crippen LogP contribution in [0.15, 0.2) is 0 Å². The molecule has 0 aromatic rings. The van der Waals surface area contributed by atoms with Crippen LogP contribution in [0.2, 0.25) is 0 Å². The molecule has 1 saturated heterocycles. The molecule has 1 aliphatic rings. The van der Waals surface area contributed by atoms with Crippen LogP contribution in [0, 0.1) is 5.92 Å². The summed E-state index contributed by atoms with van der Waals surface area (Å²) in [6.07, 6.45) is 3.63. The van der Waals surface area contributed by atoms with E-state index in [-0.39, 0.29) is 12.4 Å². The zero-order valence-corrected chi connectivity index (χ0v) is 8.85. The number of halogens is 1. The Morgan fingerprint density at radius 1 is 1.46 bits per heavy atom. The third-order valence-corrected chi connectivity index (χ3v) is 2.53. The van der Waals surface area contributed by atoms with Gasteiger partial charge in [0.2, 0.25) is 0 Å². The SMILES string of the molecule is CN1CCCC(CC(=O)O)CC1.Cl. The van der Waals surface area contributed by atoms with Crippen LogP contribution >= 0.6 is 12.4 Å². The van der Waals surface area contributed by atoms with Crippen LogP contribution in [0.3, 0.4) is 0 Å². The van der Waals surface area contributed by atoms with Gasteiger partial charge in [-0.1, -0.05) is 0 Å². The molecule has 0 amide bonds. The Bertz CT molecular complexity index is 164. The topological polar surface area (TPSA) is 40.5 Å². The molecule has 0 aliphatic carbocycles. The van der Waals surface area contributed by atoms with Crippen LogP contribution in [0.5, 0.6) is 0 Å². The second-order valence-electron chi connectivity index (χ2n) is 3.70. The minimum atomic E-state index is -0.649. The Morgan fingerprint density at radius 2 is 2.15 bits per heavy atom. The highest BCUT2D eigenvalue weighted by Crippen LogP contribution is 2.19. The fraction of sp³-hybridized carbons (Fsp3) is 0.889. The van der Waals surface area contributed by atoms with Crippen molar-refractivity contribution in [1.29, 1.82) is 0 Å². The van der Waals surface area contributed by atoms with Crippen molar-refractivity contribution < 1.29 is 9.90 Å². The van der Waals surface area contributed by atoms with E-state index in [4.69, 9.17) is 5.11 Å². The van der Waals surface area contributed by atoms with E-state index < -0.39 is 5.97 Å². The van der Waals surface area contributed by atoms with Gasteiger partial charge in [0.25, 0.3) is 0 Å². The lowest BCUT2D eigenvalue weighted by Gasteiger charge is -2.12. The molecule has 78 valence electrons. The molecule has 1 rings (SSSR count). The molecule has 0 aromatic carbocycles. The first-order valence-corrected chi connectivity index (χ1v) is 4.59. The van der Waals surface area contributed by atoms with Crippen molar-refractivity contribution in [2.45, 2.75) is 25.7 Å². The van der Waals surface area contributed by atoms with Crippen molar-refractivity contribution in [3.63, 3.8) is 0 Å². The minimum Gasteiger partial charge on any atom is -0.481 e. The molecular weight excluding hydrogens is 190 g/mol. The maximum absolute atomic E-state index is 10.4. The number of hydrogen-bond donors (Lipinski definition) is 1. The number of likely N-dealkylation sites (tertiary alicyclic amines) is 1. The van der Waals surface area contributed by atoms with Gasteiger partial charge in [-0.15, -0.1) is 12.4 Å². The fourth-order valence-electron chi connectivity index (χ4n) is 1.76. The van der Waals surface area contributed by atoms with Gasteiger partial charge in [-0.05, 0) is 45.3 Å². The summed E-state index contributed by atoms with van der Waals surface area (Å²) < 4.78 is 0. The maximum Gasteiger partial charge on any atom is 0.303 e. The summed E-state index contributed by atoms with van der Waals surface area (Å²) in [7, 11) is 2.10. The molecule has 1 aliphatic heterocycles. The van der Waals surface area contributed by atoms with Crippen molar-refractivity contribution in [2.75, 3.05) is 20.1 Å². The van der Waals surface area contributed by atoms with Crippen LogP contribution in [0.25, 0.3) is 0 Å². The van der Waals surface area contributed by atoms with Crippen molar-refractivity contribution in [3.05, 3.63) is 0 Å². The average molecular weight is 208 g/mol. The van der Waals surface area contributed by atoms with Crippen LogP contribution in [0.4, 0.5) is 0 Å². The number of nitrogens with zero attached hydrogens (tertiary/aromatic N) is 1. The highest BCUT2D eigenvalue weighted by atomic mass is 35.5. The molecule has 1 atom stereocenters. The fourth-order valence-corrected chi connectivity index (χ4v) is 1.76. The Hall–Kier alpha value is -0.280. The van der Waals surface area contributed by atoms with E-state index in [0.717, 1.165) is 32.4 Å². The first kappa shape index (κ1) is 12.7. The van der Waals surface area contributed by atoms with Crippen molar-refractivity contribution in [1.82, 2.24) is 4.90 Å². The Morgan fingerprint density at radius 3 is 2.77 bits per heavy atom. The van der Waals surface area contributed by atoms with E-state index in [2.05, 4.69) is 11.9 Å². The summed E-state index contributed by atoms with van der Waals surface area (Å²) in [4.78, 5) is 12.7. The van der Waals surface area contributed by atoms with E-state index in [9.17, 15) is 4.79 Å². The smallest absolute Gasteiger partial charge is 0.303 e. The molecule has 13 heavy (non-hydrogen) atoms. The zero-order valence-electron chi connectivity index (χ0n) is 8.03. The molecule has 0 bridgehead atoms. The van der Waals surface area contributed by atoms with Gasteiger partial charge in [0.15, 0.2) is 0 Å². The highest BCUT2D eigenvalue weighted by Gasteiger charge is 2.16. The van der Waals surface area contributed by atoms with E-state index in [1.54, 1.807) is 0 Å². The molecule has 0 saturated carbocycles. The monoisotopic (exact) mass is 207 g/mol. The average Bonchev–Trinajstić information content (AvgIpc) is 2.15. The van der Waals surface area contributed by atoms with Crippen molar-refractivity contribution in [2.24, 2.45) is 5.92 Å². The molecule has 1 fully saturated rings. The summed E-state index contributed by atoms with van der Waals surface area (Å²) in [6, 6.07) is 0. The van der Waals surface area contributed by atoms with Crippen LogP contribution in [-0.2, 0) is 4.79 Å². The Kier molecular flexibility index (Phi) is 6.08. The minimum absolute atomic E-state index is 0. The molecule has 1 N–H and O–H groups in total. The lowest BCUT2D eigenvalue weighted by molar-refractivity contribution is -0.138. The van der Waals surface area contributed by atoms with E-state index in [1.807, 2.05) is 0 Å². The standard InChI is InChI=1S/C9H17NO2.ClH/c1-10-5-2-3-8(4-6-10)7-9(11)12;/h8H,2-7H2,1H3,(H,11,12);1H. The van der Waals surface area contributed by atoms with Gasteiger partial charge in [-0.2, -0.15) is 0 Å².